The molecule has 1 aromatic rings. The SMILES string of the molecule is CCCNS(=O)(=O)c1c(Cl)cc(C#CCO)cc1Cl. The first-order chi connectivity index (χ1) is 8.92. The molecule has 0 amide bonds. The molecule has 0 aliphatic rings. The number of nitrogens with one attached hydrogen (secondary N) is 1. The minimum atomic E-state index is -3.73. The highest BCUT2D eigenvalue weighted by molar-refractivity contribution is 7.89. The summed E-state index contributed by atoms with van der Waals surface area (Å²) in [4.78, 5) is -0.154. The molecule has 19 heavy (non-hydrogen) atoms. The van der Waals surface area contributed by atoms with E-state index in [1.807, 2.05) is 6.92 Å². The predicted molar refractivity (Wildman–Crippen MR) is 75.9 cm³/mol. The van der Waals surface area contributed by atoms with Gasteiger partial charge in [-0.1, -0.05) is 42.0 Å². The molecule has 0 saturated heterocycles. The van der Waals surface area contributed by atoms with Crippen LogP contribution in [0.15, 0.2) is 17.0 Å². The van der Waals surface area contributed by atoms with E-state index in [4.69, 9.17) is 28.3 Å². The summed E-state index contributed by atoms with van der Waals surface area (Å²) in [6.07, 6.45) is 0.661. The van der Waals surface area contributed by atoms with Crippen LogP contribution in [0.1, 0.15) is 18.9 Å². The topological polar surface area (TPSA) is 66.4 Å². The van der Waals surface area contributed by atoms with Gasteiger partial charge in [0.05, 0.1) is 10.0 Å². The summed E-state index contributed by atoms with van der Waals surface area (Å²) in [5, 5.41) is 8.60. The van der Waals surface area contributed by atoms with E-state index in [1.54, 1.807) is 0 Å². The first kappa shape index (κ1) is 16.3. The van der Waals surface area contributed by atoms with Gasteiger partial charge in [-0.15, -0.1) is 0 Å². The molecule has 0 aliphatic carbocycles. The van der Waals surface area contributed by atoms with E-state index in [9.17, 15) is 8.42 Å². The quantitative estimate of drug-likeness (QED) is 0.834. The van der Waals surface area contributed by atoms with Gasteiger partial charge in [-0.2, -0.15) is 0 Å². The first-order valence-corrected chi connectivity index (χ1v) is 7.74. The van der Waals surface area contributed by atoms with Gasteiger partial charge in [0.25, 0.3) is 0 Å². The van der Waals surface area contributed by atoms with Crippen molar-refractivity contribution in [2.45, 2.75) is 18.2 Å². The van der Waals surface area contributed by atoms with Crippen LogP contribution in [0.3, 0.4) is 0 Å². The van der Waals surface area contributed by atoms with Gasteiger partial charge in [0, 0.05) is 12.1 Å². The molecule has 0 bridgehead atoms. The second kappa shape index (κ2) is 7.13. The molecule has 0 fully saturated rings. The molecule has 0 unspecified atom stereocenters. The van der Waals surface area contributed by atoms with Crippen LogP contribution in [-0.4, -0.2) is 26.7 Å². The summed E-state index contributed by atoms with van der Waals surface area (Å²) in [7, 11) is -3.73. The van der Waals surface area contributed by atoms with Gasteiger partial charge in [0.2, 0.25) is 10.0 Å². The van der Waals surface area contributed by atoms with E-state index in [0.717, 1.165) is 0 Å². The van der Waals surface area contributed by atoms with Crippen molar-refractivity contribution in [3.63, 3.8) is 0 Å². The van der Waals surface area contributed by atoms with Crippen molar-refractivity contribution in [2.75, 3.05) is 13.2 Å². The number of hydrogen-bond donors (Lipinski definition) is 2. The monoisotopic (exact) mass is 321 g/mol. The van der Waals surface area contributed by atoms with Gasteiger partial charge in [-0.3, -0.25) is 0 Å². The van der Waals surface area contributed by atoms with Crippen molar-refractivity contribution in [3.8, 4) is 11.8 Å². The summed E-state index contributed by atoms with van der Waals surface area (Å²) >= 11 is 11.9. The number of aliphatic hydroxyl groups excluding tert-OH is 1. The highest BCUT2D eigenvalue weighted by Crippen LogP contribution is 2.30. The molecule has 2 N–H and O–H groups in total. The van der Waals surface area contributed by atoms with Gasteiger partial charge in [-0.05, 0) is 18.6 Å². The van der Waals surface area contributed by atoms with E-state index in [0.29, 0.717) is 18.5 Å². The van der Waals surface area contributed by atoms with E-state index in [1.165, 1.54) is 12.1 Å². The molecule has 0 aliphatic heterocycles. The van der Waals surface area contributed by atoms with Crippen molar-refractivity contribution in [2.24, 2.45) is 0 Å². The van der Waals surface area contributed by atoms with Crippen LogP contribution >= 0.6 is 23.2 Å². The van der Waals surface area contributed by atoms with E-state index in [-0.39, 0.29) is 21.5 Å². The van der Waals surface area contributed by atoms with Crippen LogP contribution in [0.4, 0.5) is 0 Å². The third-order valence-electron chi connectivity index (χ3n) is 2.12. The molecule has 0 atom stereocenters. The highest BCUT2D eigenvalue weighted by Gasteiger charge is 2.21. The van der Waals surface area contributed by atoms with Gasteiger partial charge in [0.1, 0.15) is 11.5 Å². The summed E-state index contributed by atoms with van der Waals surface area (Å²) in [6, 6.07) is 2.80. The van der Waals surface area contributed by atoms with Crippen LogP contribution in [0.5, 0.6) is 0 Å². The summed E-state index contributed by atoms with van der Waals surface area (Å²) in [5.74, 6) is 5.05. The van der Waals surface area contributed by atoms with Crippen molar-refractivity contribution in [1.29, 1.82) is 0 Å². The van der Waals surface area contributed by atoms with Crippen LogP contribution in [0, 0.1) is 11.8 Å². The predicted octanol–water partition coefficient (Wildman–Crippen LogP) is 2.03. The Bertz CT molecular complexity index is 595. The number of rotatable bonds is 4. The Morgan fingerprint density at radius 3 is 2.37 bits per heavy atom. The van der Waals surface area contributed by atoms with Crippen molar-refractivity contribution in [3.05, 3.63) is 27.7 Å². The van der Waals surface area contributed by atoms with Crippen LogP contribution < -0.4 is 4.72 Å². The largest absolute Gasteiger partial charge is 0.384 e. The second-order valence-electron chi connectivity index (χ2n) is 3.63. The lowest BCUT2D eigenvalue weighted by Crippen LogP contribution is -2.25. The number of aliphatic hydroxyl groups is 1. The van der Waals surface area contributed by atoms with Crippen molar-refractivity contribution < 1.29 is 13.5 Å². The third kappa shape index (κ3) is 4.37. The molecule has 0 heterocycles. The fraction of sp³-hybridized carbons (Fsp3) is 0.333. The van der Waals surface area contributed by atoms with Crippen LogP contribution in [-0.2, 0) is 10.0 Å². The Balaban J connectivity index is 3.24. The minimum Gasteiger partial charge on any atom is -0.384 e. The lowest BCUT2D eigenvalue weighted by molar-refractivity contribution is 0.350. The number of halogens is 2. The Kier molecular flexibility index (Phi) is 6.11. The molecule has 0 saturated carbocycles. The Hall–Kier alpha value is -0.770. The van der Waals surface area contributed by atoms with Crippen LogP contribution in [0.2, 0.25) is 10.0 Å². The molecule has 1 aromatic carbocycles. The van der Waals surface area contributed by atoms with Crippen molar-refractivity contribution in [1.82, 2.24) is 4.72 Å². The molecule has 1 rings (SSSR count). The maximum absolute atomic E-state index is 12.0. The number of sulfonamides is 1. The zero-order valence-electron chi connectivity index (χ0n) is 10.2. The molecule has 4 nitrogen and oxygen atoms in total. The zero-order chi connectivity index (χ0) is 14.5. The molecule has 7 heteroatoms. The number of benzene rings is 1. The van der Waals surface area contributed by atoms with Crippen molar-refractivity contribution >= 4 is 33.2 Å². The molecule has 0 aromatic heterocycles. The zero-order valence-corrected chi connectivity index (χ0v) is 12.5. The van der Waals surface area contributed by atoms with Gasteiger partial charge >= 0.3 is 0 Å². The van der Waals surface area contributed by atoms with E-state index in [2.05, 4.69) is 16.6 Å². The minimum absolute atomic E-state index is 0.00153. The van der Waals surface area contributed by atoms with Gasteiger partial charge < -0.3 is 5.11 Å². The van der Waals surface area contributed by atoms with Gasteiger partial charge in [-0.25, -0.2) is 13.1 Å². The maximum Gasteiger partial charge on any atom is 0.243 e. The summed E-state index contributed by atoms with van der Waals surface area (Å²) in [6.45, 7) is 1.85. The Morgan fingerprint density at radius 1 is 1.32 bits per heavy atom. The normalized spacial score (nSPS) is 10.9. The second-order valence-corrected chi connectivity index (χ2v) is 6.14. The smallest absolute Gasteiger partial charge is 0.243 e. The molecule has 104 valence electrons. The summed E-state index contributed by atoms with van der Waals surface area (Å²) in [5.41, 5.74) is 0.443. The molecular weight excluding hydrogens is 309 g/mol. The average molecular weight is 322 g/mol. The Morgan fingerprint density at radius 2 is 1.89 bits per heavy atom. The fourth-order valence-corrected chi connectivity index (χ4v) is 3.68. The third-order valence-corrected chi connectivity index (χ3v) is 4.50. The summed E-state index contributed by atoms with van der Waals surface area (Å²) < 4.78 is 26.4. The van der Waals surface area contributed by atoms with Gasteiger partial charge in [0.15, 0.2) is 0 Å². The maximum atomic E-state index is 12.0. The van der Waals surface area contributed by atoms with Crippen LogP contribution in [0.25, 0.3) is 0 Å². The standard InChI is InChI=1S/C12H13Cl2NO3S/c1-2-5-15-19(17,18)12-10(13)7-9(4-3-6-16)8-11(12)14/h7-8,15-16H,2,5-6H2,1H3. The lowest BCUT2D eigenvalue weighted by atomic mass is 10.2. The Labute approximate surface area is 122 Å². The highest BCUT2D eigenvalue weighted by atomic mass is 35.5. The average Bonchev–Trinajstić information content (AvgIpc) is 2.32. The first-order valence-electron chi connectivity index (χ1n) is 5.50. The molecule has 0 spiro atoms. The lowest BCUT2D eigenvalue weighted by Gasteiger charge is -2.09. The fourth-order valence-electron chi connectivity index (χ4n) is 1.34. The molecule has 0 radical (unpaired) electrons. The van der Waals surface area contributed by atoms with E-state index < -0.39 is 10.0 Å². The number of hydrogen-bond acceptors (Lipinski definition) is 3. The molecular formula is C12H13Cl2NO3S. The van der Waals surface area contributed by atoms with E-state index >= 15 is 0 Å².